The van der Waals surface area contributed by atoms with Gasteiger partial charge in [0.15, 0.2) is 0 Å². The molecule has 1 aromatic heterocycles. The first-order valence-electron chi connectivity index (χ1n) is 6.22. The van der Waals surface area contributed by atoms with E-state index < -0.39 is 16.0 Å². The number of benzene rings is 1. The summed E-state index contributed by atoms with van der Waals surface area (Å²) in [5, 5.41) is 0. The second-order valence-corrected chi connectivity index (χ2v) is 6.24. The summed E-state index contributed by atoms with van der Waals surface area (Å²) in [7, 11) is -1.04. The summed E-state index contributed by atoms with van der Waals surface area (Å²) in [6, 6.07) is 9.04. The van der Waals surface area contributed by atoms with E-state index in [-0.39, 0.29) is 81.3 Å². The molecule has 0 saturated heterocycles. The van der Waals surface area contributed by atoms with E-state index >= 15 is 0 Å². The number of nitrogens with zero attached hydrogens (tertiary/aromatic N) is 3. The number of para-hydroxylation sites is 1. The van der Waals surface area contributed by atoms with Crippen molar-refractivity contribution in [2.75, 3.05) is 17.8 Å². The van der Waals surface area contributed by atoms with Crippen LogP contribution in [-0.4, -0.2) is 105 Å². The number of hydrogen-bond acceptors (Lipinski definition) is 4. The molecule has 25 heavy (non-hydrogen) atoms. The van der Waals surface area contributed by atoms with E-state index in [1.807, 2.05) is 18.2 Å². The van der Waals surface area contributed by atoms with Gasteiger partial charge in [-0.25, -0.2) is 4.68 Å². The molecule has 0 bridgehead atoms. The number of aromatic nitrogens is 2. The van der Waals surface area contributed by atoms with E-state index in [0.717, 1.165) is 0 Å². The zero-order valence-electron chi connectivity index (χ0n) is 13.0. The number of anilines is 1. The van der Waals surface area contributed by atoms with Crippen molar-refractivity contribution in [1.82, 2.24) is 9.36 Å². The molecular weight excluding hydrogens is 372 g/mol. The van der Waals surface area contributed by atoms with Crippen molar-refractivity contribution in [3.63, 3.8) is 0 Å². The molecule has 0 aliphatic heterocycles. The number of hydrogen-bond donors (Lipinski definition) is 1. The van der Waals surface area contributed by atoms with E-state index in [9.17, 15) is 13.2 Å². The monoisotopic (exact) mass is 395 g/mol. The number of rotatable bonds is 4. The Morgan fingerprint density at radius 1 is 1.12 bits per heavy atom. The molecular formula is C13H23N3Na2O6S. The summed E-state index contributed by atoms with van der Waals surface area (Å²) in [5.74, 6) is -0.637. The third-order valence-electron chi connectivity index (χ3n) is 3.26. The zero-order chi connectivity index (χ0) is 15.8. The Morgan fingerprint density at radius 2 is 1.60 bits per heavy atom. The van der Waals surface area contributed by atoms with E-state index in [0.29, 0.717) is 11.4 Å². The minimum absolute atomic E-state index is 0. The van der Waals surface area contributed by atoms with Crippen LogP contribution in [0.4, 0.5) is 5.69 Å². The van der Waals surface area contributed by atoms with Crippen molar-refractivity contribution in [3.05, 3.63) is 46.4 Å². The first-order valence-corrected chi connectivity index (χ1v) is 7.83. The third-order valence-corrected chi connectivity index (χ3v) is 3.98. The third kappa shape index (κ3) is 6.83. The molecule has 2 rings (SSSR count). The van der Waals surface area contributed by atoms with Crippen LogP contribution < -0.4 is 10.5 Å². The molecule has 2 aromatic rings. The molecule has 0 aliphatic rings. The summed E-state index contributed by atoms with van der Waals surface area (Å²) in [5.41, 5.74) is 1.18. The maximum atomic E-state index is 12.6. The van der Waals surface area contributed by atoms with Gasteiger partial charge in [-0.2, -0.15) is 8.42 Å². The van der Waals surface area contributed by atoms with Crippen LogP contribution in [0, 0.1) is 6.92 Å². The molecule has 0 fully saturated rings. The predicted octanol–water partition coefficient (Wildman–Crippen LogP) is -2.18. The molecule has 0 atom stereocenters. The summed E-state index contributed by atoms with van der Waals surface area (Å²) in [4.78, 5) is 13.8. The Hall–Kier alpha value is -0.140. The zero-order valence-corrected chi connectivity index (χ0v) is 13.8. The van der Waals surface area contributed by atoms with Crippen molar-refractivity contribution < 1.29 is 23.9 Å². The van der Waals surface area contributed by atoms with Gasteiger partial charge in [-0.15, -0.1) is 0 Å². The molecule has 0 radical (unpaired) electrons. The van der Waals surface area contributed by atoms with E-state index in [1.165, 1.54) is 16.6 Å². The van der Waals surface area contributed by atoms with Crippen LogP contribution in [0.25, 0.3) is 5.69 Å². The van der Waals surface area contributed by atoms with Crippen molar-refractivity contribution in [1.29, 1.82) is 0 Å². The second-order valence-electron chi connectivity index (χ2n) is 4.82. The average molecular weight is 395 g/mol. The standard InChI is InChI=1S/C13H17N3O4S.2Na.2H2O.2H/c1-10-12(14(2)9-21(18,19)20)13(17)16(15(10)3)11-7-5-4-6-8-11;;;;;;/h4-8H,9H2,1-3H3,(H,18,19,20);;;2*1H2;;. The van der Waals surface area contributed by atoms with Crippen LogP contribution in [0.5, 0.6) is 0 Å². The maximum absolute atomic E-state index is 12.6. The Balaban J connectivity index is -0.00000121. The second kappa shape index (κ2) is 11.5. The minimum atomic E-state index is -4.20. The fourth-order valence-corrected chi connectivity index (χ4v) is 2.92. The summed E-state index contributed by atoms with van der Waals surface area (Å²) < 4.78 is 34.0. The summed E-state index contributed by atoms with van der Waals surface area (Å²) in [6.07, 6.45) is 0. The van der Waals surface area contributed by atoms with Crippen LogP contribution in [0.1, 0.15) is 5.69 Å². The van der Waals surface area contributed by atoms with Gasteiger partial charge in [0, 0.05) is 14.1 Å². The van der Waals surface area contributed by atoms with Crippen molar-refractivity contribution in [2.45, 2.75) is 6.92 Å². The van der Waals surface area contributed by atoms with Gasteiger partial charge in [-0.3, -0.25) is 14.0 Å². The molecule has 134 valence electrons. The van der Waals surface area contributed by atoms with Crippen LogP contribution in [0.2, 0.25) is 0 Å². The van der Waals surface area contributed by atoms with E-state index in [2.05, 4.69) is 0 Å². The molecule has 0 unspecified atom stereocenters. The fourth-order valence-electron chi connectivity index (χ4n) is 2.30. The molecule has 0 saturated carbocycles. The summed E-state index contributed by atoms with van der Waals surface area (Å²) >= 11 is 0. The van der Waals surface area contributed by atoms with Gasteiger partial charge in [0.2, 0.25) is 0 Å². The van der Waals surface area contributed by atoms with Crippen LogP contribution in [0.3, 0.4) is 0 Å². The first kappa shape index (κ1) is 29.6. The molecule has 0 spiro atoms. The van der Waals surface area contributed by atoms with E-state index in [1.54, 1.807) is 30.8 Å². The molecule has 9 nitrogen and oxygen atoms in total. The van der Waals surface area contributed by atoms with Crippen LogP contribution in [-0.2, 0) is 17.2 Å². The molecule has 0 amide bonds. The van der Waals surface area contributed by atoms with Gasteiger partial charge in [0.05, 0.1) is 11.4 Å². The Morgan fingerprint density at radius 3 is 2.04 bits per heavy atom. The van der Waals surface area contributed by atoms with Crippen molar-refractivity contribution >= 4 is 74.9 Å². The van der Waals surface area contributed by atoms with Crippen LogP contribution in [0.15, 0.2) is 35.1 Å². The van der Waals surface area contributed by atoms with Gasteiger partial charge in [0.25, 0.3) is 15.7 Å². The predicted molar refractivity (Wildman–Crippen MR) is 102 cm³/mol. The molecule has 5 N–H and O–H groups in total. The normalized spacial score (nSPS) is 9.76. The fraction of sp³-hybridized carbons (Fsp3) is 0.308. The van der Waals surface area contributed by atoms with Crippen molar-refractivity contribution in [3.8, 4) is 5.69 Å². The molecule has 1 aromatic carbocycles. The van der Waals surface area contributed by atoms with Crippen LogP contribution >= 0.6 is 0 Å². The van der Waals surface area contributed by atoms with Gasteiger partial charge < -0.3 is 15.9 Å². The van der Waals surface area contributed by atoms with Gasteiger partial charge in [-0.05, 0) is 19.1 Å². The van der Waals surface area contributed by atoms with Gasteiger partial charge in [-0.1, -0.05) is 18.2 Å². The Bertz CT molecular complexity index is 820. The Labute approximate surface area is 190 Å². The van der Waals surface area contributed by atoms with E-state index in [4.69, 9.17) is 4.55 Å². The quantitative estimate of drug-likeness (QED) is 0.462. The summed E-state index contributed by atoms with van der Waals surface area (Å²) in [6.45, 7) is 1.72. The van der Waals surface area contributed by atoms with Gasteiger partial charge >= 0.3 is 59.1 Å². The van der Waals surface area contributed by atoms with Gasteiger partial charge in [0.1, 0.15) is 11.6 Å². The first-order chi connectivity index (χ1) is 9.72. The topological polar surface area (TPSA) is 148 Å². The molecule has 1 heterocycles. The molecule has 12 heteroatoms. The SMILES string of the molecule is Cc1c(N(C)CS(=O)(=O)O)c(=O)n(-c2ccccc2)n1C.O.O.[NaH].[NaH]. The Kier molecular flexibility index (Phi) is 13.7. The molecule has 0 aliphatic carbocycles. The average Bonchev–Trinajstić information content (AvgIpc) is 2.59. The van der Waals surface area contributed by atoms with Crippen molar-refractivity contribution in [2.24, 2.45) is 7.05 Å².